The van der Waals surface area contributed by atoms with Crippen LogP contribution in [0.1, 0.15) is 12.8 Å². The van der Waals surface area contributed by atoms with Crippen molar-refractivity contribution in [2.24, 2.45) is 5.73 Å². The molecule has 1 rings (SSSR count). The minimum Gasteiger partial charge on any atom is -0.357 e. The van der Waals surface area contributed by atoms with Gasteiger partial charge in [-0.05, 0) is 13.0 Å². The van der Waals surface area contributed by atoms with E-state index in [4.69, 9.17) is 5.73 Å². The zero-order valence-corrected chi connectivity index (χ0v) is 8.15. The van der Waals surface area contributed by atoms with Crippen molar-refractivity contribution in [3.8, 4) is 0 Å². The summed E-state index contributed by atoms with van der Waals surface area (Å²) in [6, 6.07) is 0. The molecule has 13 heavy (non-hydrogen) atoms. The monoisotopic (exact) mass is 184 g/mol. The van der Waals surface area contributed by atoms with Gasteiger partial charge < -0.3 is 11.5 Å². The Balaban J connectivity index is 2.34. The third kappa shape index (κ3) is 3.57. The molecule has 1 aromatic heterocycles. The molecule has 1 aromatic rings. The Morgan fingerprint density at radius 3 is 2.92 bits per heavy atom. The zero-order chi connectivity index (χ0) is 9.52. The molecule has 5 N–H and O–H groups in total. The van der Waals surface area contributed by atoms with Crippen molar-refractivity contribution in [3.63, 3.8) is 0 Å². The van der Waals surface area contributed by atoms with Crippen molar-refractivity contribution in [1.82, 2.24) is 4.57 Å². The Hall–Kier alpha value is -0.870. The number of hydrogen-bond donors (Lipinski definition) is 2. The predicted octanol–water partition coefficient (Wildman–Crippen LogP) is -1.24. The molecule has 0 saturated heterocycles. The number of aromatic nitrogens is 2. The van der Waals surface area contributed by atoms with Crippen LogP contribution in [-0.4, -0.2) is 17.7 Å². The normalized spacial score (nSPS) is 10.6. The van der Waals surface area contributed by atoms with Crippen LogP contribution in [0.5, 0.6) is 0 Å². The SMILES string of the molecule is NCCCn1cc[n+](CCC[NH3+])c1. The summed E-state index contributed by atoms with van der Waals surface area (Å²) in [7, 11) is 0. The minimum atomic E-state index is 0.761. The molecule has 0 aliphatic carbocycles. The van der Waals surface area contributed by atoms with Gasteiger partial charge in [-0.2, -0.15) is 0 Å². The Labute approximate surface area is 79.1 Å². The maximum absolute atomic E-state index is 5.43. The van der Waals surface area contributed by atoms with E-state index in [1.165, 1.54) is 0 Å². The van der Waals surface area contributed by atoms with Gasteiger partial charge >= 0.3 is 0 Å². The quantitative estimate of drug-likeness (QED) is 0.534. The Bertz CT molecular complexity index is 209. The van der Waals surface area contributed by atoms with Crippen molar-refractivity contribution in [2.45, 2.75) is 25.9 Å². The van der Waals surface area contributed by atoms with Crippen molar-refractivity contribution >= 4 is 0 Å². The smallest absolute Gasteiger partial charge is 0.243 e. The van der Waals surface area contributed by atoms with Crippen molar-refractivity contribution < 1.29 is 10.3 Å². The number of quaternary nitrogens is 1. The maximum Gasteiger partial charge on any atom is 0.243 e. The van der Waals surface area contributed by atoms with Crippen LogP contribution in [-0.2, 0) is 13.1 Å². The number of aryl methyl sites for hydroxylation is 2. The van der Waals surface area contributed by atoms with Gasteiger partial charge in [0, 0.05) is 6.42 Å². The molecule has 4 nitrogen and oxygen atoms in total. The topological polar surface area (TPSA) is 62.5 Å². The van der Waals surface area contributed by atoms with E-state index in [-0.39, 0.29) is 0 Å². The summed E-state index contributed by atoms with van der Waals surface area (Å²) >= 11 is 0. The summed E-state index contributed by atoms with van der Waals surface area (Å²) in [6.45, 7) is 3.85. The fourth-order valence-electron chi connectivity index (χ4n) is 1.27. The molecule has 0 fully saturated rings. The van der Waals surface area contributed by atoms with Crippen molar-refractivity contribution in [3.05, 3.63) is 18.7 Å². The Morgan fingerprint density at radius 1 is 1.38 bits per heavy atom. The molecule has 0 saturated carbocycles. The van der Waals surface area contributed by atoms with Gasteiger partial charge in [0.05, 0.1) is 19.6 Å². The first-order valence-electron chi connectivity index (χ1n) is 4.91. The van der Waals surface area contributed by atoms with E-state index in [9.17, 15) is 0 Å². The van der Waals surface area contributed by atoms with Crippen LogP contribution in [0.2, 0.25) is 0 Å². The molecular formula is C9H20N4+2. The van der Waals surface area contributed by atoms with E-state index < -0.39 is 0 Å². The van der Waals surface area contributed by atoms with Crippen LogP contribution < -0.4 is 16.0 Å². The van der Waals surface area contributed by atoms with Gasteiger partial charge in [0.2, 0.25) is 6.33 Å². The molecule has 0 spiro atoms. The van der Waals surface area contributed by atoms with Gasteiger partial charge in [0.25, 0.3) is 0 Å². The molecule has 0 radical (unpaired) electrons. The summed E-state index contributed by atoms with van der Waals surface area (Å²) in [5.41, 5.74) is 9.26. The zero-order valence-electron chi connectivity index (χ0n) is 8.15. The molecule has 0 bridgehead atoms. The Kier molecular flexibility index (Phi) is 4.49. The molecule has 4 heteroatoms. The second kappa shape index (κ2) is 5.72. The highest BCUT2D eigenvalue weighted by atomic mass is 15.1. The lowest BCUT2D eigenvalue weighted by molar-refractivity contribution is -0.698. The van der Waals surface area contributed by atoms with Crippen LogP contribution in [0.25, 0.3) is 0 Å². The number of hydrogen-bond acceptors (Lipinski definition) is 1. The van der Waals surface area contributed by atoms with Gasteiger partial charge in [-0.1, -0.05) is 0 Å². The lowest BCUT2D eigenvalue weighted by Crippen LogP contribution is -2.51. The highest BCUT2D eigenvalue weighted by Crippen LogP contribution is 1.88. The second-order valence-electron chi connectivity index (χ2n) is 3.24. The average Bonchev–Trinajstić information content (AvgIpc) is 2.59. The maximum atomic E-state index is 5.43. The molecule has 0 unspecified atom stereocenters. The fourth-order valence-corrected chi connectivity index (χ4v) is 1.27. The Morgan fingerprint density at radius 2 is 2.23 bits per heavy atom. The second-order valence-corrected chi connectivity index (χ2v) is 3.24. The van der Waals surface area contributed by atoms with Crippen molar-refractivity contribution in [2.75, 3.05) is 13.1 Å². The van der Waals surface area contributed by atoms with E-state index in [2.05, 4.69) is 33.6 Å². The standard InChI is InChI=1S/C9H19N4/c10-3-1-5-12-7-8-13(9-12)6-2-4-11/h7-9H,1-6,10-11H2/q+1/p+1. The summed E-state index contributed by atoms with van der Waals surface area (Å²) in [5, 5.41) is 0. The number of imidazole rings is 1. The van der Waals surface area contributed by atoms with Gasteiger partial charge in [0.1, 0.15) is 12.4 Å². The molecule has 0 aromatic carbocycles. The predicted molar refractivity (Wildman–Crippen MR) is 50.7 cm³/mol. The van der Waals surface area contributed by atoms with E-state index in [0.29, 0.717) is 0 Å². The van der Waals surface area contributed by atoms with Crippen molar-refractivity contribution in [1.29, 1.82) is 0 Å². The largest absolute Gasteiger partial charge is 0.357 e. The molecule has 0 atom stereocenters. The molecule has 0 amide bonds. The van der Waals surface area contributed by atoms with Crippen LogP contribution in [0.4, 0.5) is 0 Å². The number of nitrogens with zero attached hydrogens (tertiary/aromatic N) is 2. The molecule has 74 valence electrons. The van der Waals surface area contributed by atoms with Gasteiger partial charge in [0.15, 0.2) is 0 Å². The molecule has 0 aliphatic rings. The summed E-state index contributed by atoms with van der Waals surface area (Å²) in [6.07, 6.45) is 8.52. The van der Waals surface area contributed by atoms with Gasteiger partial charge in [-0.25, -0.2) is 9.13 Å². The first-order valence-corrected chi connectivity index (χ1v) is 4.91. The molecular weight excluding hydrogens is 164 g/mol. The van der Waals surface area contributed by atoms with Crippen LogP contribution in [0.3, 0.4) is 0 Å². The number of nitrogens with two attached hydrogens (primary N) is 1. The lowest BCUT2D eigenvalue weighted by Gasteiger charge is -1.93. The van der Waals surface area contributed by atoms with Gasteiger partial charge in [-0.3, -0.25) is 0 Å². The summed E-state index contributed by atoms with van der Waals surface area (Å²) < 4.78 is 4.37. The third-order valence-electron chi connectivity index (χ3n) is 2.03. The summed E-state index contributed by atoms with van der Waals surface area (Å²) in [4.78, 5) is 0. The van der Waals surface area contributed by atoms with E-state index in [0.717, 1.165) is 39.0 Å². The lowest BCUT2D eigenvalue weighted by atomic mass is 10.4. The highest BCUT2D eigenvalue weighted by molar-refractivity contribution is 4.66. The highest BCUT2D eigenvalue weighted by Gasteiger charge is 2.01. The van der Waals surface area contributed by atoms with E-state index in [1.807, 2.05) is 0 Å². The van der Waals surface area contributed by atoms with Gasteiger partial charge in [-0.15, -0.1) is 0 Å². The van der Waals surface area contributed by atoms with E-state index in [1.54, 1.807) is 0 Å². The third-order valence-corrected chi connectivity index (χ3v) is 2.03. The van der Waals surface area contributed by atoms with Crippen LogP contribution >= 0.6 is 0 Å². The average molecular weight is 184 g/mol. The first kappa shape index (κ1) is 10.2. The minimum absolute atomic E-state index is 0.761. The summed E-state index contributed by atoms with van der Waals surface area (Å²) in [5.74, 6) is 0. The van der Waals surface area contributed by atoms with E-state index >= 15 is 0 Å². The molecule has 1 heterocycles. The molecule has 0 aliphatic heterocycles. The number of rotatable bonds is 6. The first-order chi connectivity index (χ1) is 6.36. The van der Waals surface area contributed by atoms with Crippen LogP contribution in [0.15, 0.2) is 18.7 Å². The fraction of sp³-hybridized carbons (Fsp3) is 0.667. The van der Waals surface area contributed by atoms with Crippen LogP contribution in [0, 0.1) is 0 Å².